The number of nitrogens with one attached hydrogen (secondary N) is 1. The average molecular weight is 293 g/mol. The van der Waals surface area contributed by atoms with Crippen molar-refractivity contribution in [2.24, 2.45) is 5.41 Å². The van der Waals surface area contributed by atoms with Crippen LogP contribution in [0.4, 0.5) is 4.39 Å². The Morgan fingerprint density at radius 2 is 2.33 bits per heavy atom. The van der Waals surface area contributed by atoms with E-state index < -0.39 is 0 Å². The molecule has 0 saturated carbocycles. The van der Waals surface area contributed by atoms with Gasteiger partial charge in [-0.2, -0.15) is 0 Å². The number of fused-ring (bicyclic) bond motifs is 1. The zero-order chi connectivity index (χ0) is 14.7. The Labute approximate surface area is 125 Å². The highest BCUT2D eigenvalue weighted by Crippen LogP contribution is 2.35. The molecule has 2 atom stereocenters. The molecule has 1 fully saturated rings. The van der Waals surface area contributed by atoms with E-state index in [-0.39, 0.29) is 17.8 Å². The molecule has 0 bridgehead atoms. The molecule has 0 amide bonds. The second-order valence-electron chi connectivity index (χ2n) is 6.45. The largest absolute Gasteiger partial charge is 0.396 e. The predicted octanol–water partition coefficient (Wildman–Crippen LogP) is 2.58. The minimum atomic E-state index is -0.143. The van der Waals surface area contributed by atoms with E-state index in [2.05, 4.69) is 5.32 Å². The summed E-state index contributed by atoms with van der Waals surface area (Å²) in [6.07, 6.45) is 4.94. The summed E-state index contributed by atoms with van der Waals surface area (Å²) in [7, 11) is 0. The molecule has 116 valence electrons. The summed E-state index contributed by atoms with van der Waals surface area (Å²) in [5, 5.41) is 12.9. The average Bonchev–Trinajstić information content (AvgIpc) is 2.94. The summed E-state index contributed by atoms with van der Waals surface area (Å²) in [6, 6.07) is 5.45. The van der Waals surface area contributed by atoms with E-state index in [1.165, 1.54) is 5.56 Å². The third-order valence-electron chi connectivity index (χ3n) is 4.97. The standard InChI is InChI=1S/C17H24FNO2/c18-14-4-5-15-13(10-14)2-1-3-16(15)19-11-17(6-8-20)7-9-21-12-17/h4-5,10,16,19-20H,1-3,6-9,11-12H2. The molecule has 0 radical (unpaired) electrons. The van der Waals surface area contributed by atoms with Crippen LogP contribution >= 0.6 is 0 Å². The summed E-state index contributed by atoms with van der Waals surface area (Å²) < 4.78 is 18.9. The third kappa shape index (κ3) is 3.28. The molecule has 0 spiro atoms. The summed E-state index contributed by atoms with van der Waals surface area (Å²) >= 11 is 0. The van der Waals surface area contributed by atoms with Crippen LogP contribution in [-0.4, -0.2) is 31.5 Å². The summed E-state index contributed by atoms with van der Waals surface area (Å²) in [5.41, 5.74) is 2.44. The van der Waals surface area contributed by atoms with E-state index in [1.54, 1.807) is 12.1 Å². The van der Waals surface area contributed by atoms with Crippen molar-refractivity contribution in [3.8, 4) is 0 Å². The van der Waals surface area contributed by atoms with Gasteiger partial charge < -0.3 is 15.2 Å². The minimum absolute atomic E-state index is 0.0619. The Bertz CT molecular complexity index is 486. The van der Waals surface area contributed by atoms with E-state index in [0.717, 1.165) is 57.4 Å². The predicted molar refractivity (Wildman–Crippen MR) is 79.7 cm³/mol. The van der Waals surface area contributed by atoms with E-state index in [4.69, 9.17) is 4.74 Å². The van der Waals surface area contributed by atoms with Gasteiger partial charge in [-0.25, -0.2) is 4.39 Å². The van der Waals surface area contributed by atoms with Crippen molar-refractivity contribution in [2.75, 3.05) is 26.4 Å². The maximum atomic E-state index is 13.3. The van der Waals surface area contributed by atoms with Gasteiger partial charge in [0.2, 0.25) is 0 Å². The highest BCUT2D eigenvalue weighted by atomic mass is 19.1. The van der Waals surface area contributed by atoms with Crippen molar-refractivity contribution in [2.45, 2.75) is 38.1 Å². The molecule has 0 aromatic heterocycles. The molecule has 1 aliphatic carbocycles. The van der Waals surface area contributed by atoms with Gasteiger partial charge in [0.25, 0.3) is 0 Å². The first-order valence-electron chi connectivity index (χ1n) is 7.93. The first kappa shape index (κ1) is 14.9. The SMILES string of the molecule is OCCC1(CNC2CCCc3cc(F)ccc32)CCOC1. The van der Waals surface area contributed by atoms with Crippen molar-refractivity contribution in [3.63, 3.8) is 0 Å². The van der Waals surface area contributed by atoms with E-state index in [9.17, 15) is 9.50 Å². The fourth-order valence-electron chi connectivity index (χ4n) is 3.65. The molecule has 21 heavy (non-hydrogen) atoms. The number of aliphatic hydroxyl groups is 1. The molecule has 3 nitrogen and oxygen atoms in total. The van der Waals surface area contributed by atoms with Crippen molar-refractivity contribution in [1.29, 1.82) is 0 Å². The molecule has 2 aliphatic rings. The molecule has 1 aromatic rings. The van der Waals surface area contributed by atoms with Crippen LogP contribution in [0.5, 0.6) is 0 Å². The maximum absolute atomic E-state index is 13.3. The van der Waals surface area contributed by atoms with Crippen molar-refractivity contribution in [1.82, 2.24) is 5.32 Å². The van der Waals surface area contributed by atoms with Gasteiger partial charge in [-0.3, -0.25) is 0 Å². The molecule has 2 unspecified atom stereocenters. The summed E-state index contributed by atoms with van der Waals surface area (Å²) in [4.78, 5) is 0. The number of ether oxygens (including phenoxy) is 1. The number of hydrogen-bond acceptors (Lipinski definition) is 3. The fraction of sp³-hybridized carbons (Fsp3) is 0.647. The van der Waals surface area contributed by atoms with Gasteiger partial charge in [0.05, 0.1) is 6.61 Å². The molecule has 1 aliphatic heterocycles. The summed E-state index contributed by atoms with van der Waals surface area (Å²) in [6.45, 7) is 2.57. The lowest BCUT2D eigenvalue weighted by Crippen LogP contribution is -2.38. The molecular weight excluding hydrogens is 269 g/mol. The van der Waals surface area contributed by atoms with Crippen molar-refractivity contribution >= 4 is 0 Å². The number of benzene rings is 1. The van der Waals surface area contributed by atoms with Gasteiger partial charge in [0.15, 0.2) is 0 Å². The maximum Gasteiger partial charge on any atom is 0.123 e. The van der Waals surface area contributed by atoms with Crippen LogP contribution in [0.15, 0.2) is 18.2 Å². The van der Waals surface area contributed by atoms with Crippen LogP contribution in [0.3, 0.4) is 0 Å². The molecule has 1 heterocycles. The quantitative estimate of drug-likeness (QED) is 0.877. The Kier molecular flexibility index (Phi) is 4.57. The topological polar surface area (TPSA) is 41.5 Å². The van der Waals surface area contributed by atoms with Crippen LogP contribution in [0.2, 0.25) is 0 Å². The highest BCUT2D eigenvalue weighted by molar-refractivity contribution is 5.32. The van der Waals surface area contributed by atoms with E-state index in [1.807, 2.05) is 6.07 Å². The molecular formula is C17H24FNO2. The van der Waals surface area contributed by atoms with Crippen molar-refractivity contribution in [3.05, 3.63) is 35.1 Å². The number of rotatable bonds is 5. The normalized spacial score (nSPS) is 28.6. The second kappa shape index (κ2) is 6.42. The Morgan fingerprint density at radius 3 is 3.10 bits per heavy atom. The lowest BCUT2D eigenvalue weighted by atomic mass is 9.82. The van der Waals surface area contributed by atoms with Crippen LogP contribution in [0, 0.1) is 11.2 Å². The number of halogens is 1. The van der Waals surface area contributed by atoms with Crippen LogP contribution in [0.1, 0.15) is 42.9 Å². The smallest absolute Gasteiger partial charge is 0.123 e. The Balaban J connectivity index is 1.69. The monoisotopic (exact) mass is 293 g/mol. The van der Waals surface area contributed by atoms with Crippen molar-refractivity contribution < 1.29 is 14.2 Å². The third-order valence-corrected chi connectivity index (χ3v) is 4.97. The fourth-order valence-corrected chi connectivity index (χ4v) is 3.65. The van der Waals surface area contributed by atoms with Gasteiger partial charge >= 0.3 is 0 Å². The Morgan fingerprint density at radius 1 is 1.43 bits per heavy atom. The van der Waals surface area contributed by atoms with Gasteiger partial charge in [0.1, 0.15) is 5.82 Å². The van der Waals surface area contributed by atoms with Crippen LogP contribution in [-0.2, 0) is 11.2 Å². The second-order valence-corrected chi connectivity index (χ2v) is 6.45. The first-order chi connectivity index (χ1) is 10.2. The van der Waals surface area contributed by atoms with Gasteiger partial charge in [0, 0.05) is 31.2 Å². The van der Waals surface area contributed by atoms with E-state index in [0.29, 0.717) is 6.04 Å². The van der Waals surface area contributed by atoms with Crippen LogP contribution < -0.4 is 5.32 Å². The molecule has 1 aromatic carbocycles. The van der Waals surface area contributed by atoms with Gasteiger partial charge in [-0.15, -0.1) is 0 Å². The molecule has 1 saturated heterocycles. The highest BCUT2D eigenvalue weighted by Gasteiger charge is 2.35. The van der Waals surface area contributed by atoms with Gasteiger partial charge in [-0.1, -0.05) is 6.07 Å². The van der Waals surface area contributed by atoms with Crippen LogP contribution in [0.25, 0.3) is 0 Å². The molecule has 4 heteroatoms. The minimum Gasteiger partial charge on any atom is -0.396 e. The zero-order valence-corrected chi connectivity index (χ0v) is 12.4. The lowest BCUT2D eigenvalue weighted by molar-refractivity contribution is 0.121. The number of hydrogen-bond donors (Lipinski definition) is 2. The number of aryl methyl sites for hydroxylation is 1. The number of aliphatic hydroxyl groups excluding tert-OH is 1. The van der Waals surface area contributed by atoms with Gasteiger partial charge in [-0.05, 0) is 55.4 Å². The lowest BCUT2D eigenvalue weighted by Gasteiger charge is -2.32. The summed E-state index contributed by atoms with van der Waals surface area (Å²) in [5.74, 6) is -0.143. The molecule has 2 N–H and O–H groups in total. The Hall–Kier alpha value is -0.970. The first-order valence-corrected chi connectivity index (χ1v) is 7.93. The zero-order valence-electron chi connectivity index (χ0n) is 12.4. The van der Waals surface area contributed by atoms with E-state index >= 15 is 0 Å². The molecule has 3 rings (SSSR count).